The fourth-order valence-corrected chi connectivity index (χ4v) is 3.70. The molecule has 1 aromatic rings. The van der Waals surface area contributed by atoms with Gasteiger partial charge in [-0.25, -0.2) is 4.98 Å². The molecule has 1 unspecified atom stereocenters. The molecule has 1 saturated heterocycles. The minimum Gasteiger partial charge on any atom is -0.474 e. The SMILES string of the molecule is CCC(=O)N1CCC(NC(=NC)NCc2ccnc(OC3CCCC3)c2)C1.I. The minimum atomic E-state index is 0. The highest BCUT2D eigenvalue weighted by Gasteiger charge is 2.25. The van der Waals surface area contributed by atoms with Gasteiger partial charge in [0.25, 0.3) is 0 Å². The number of hydrogen-bond acceptors (Lipinski definition) is 4. The van der Waals surface area contributed by atoms with Crippen LogP contribution in [0.5, 0.6) is 5.88 Å². The topological polar surface area (TPSA) is 78.9 Å². The van der Waals surface area contributed by atoms with Crippen molar-refractivity contribution in [3.05, 3.63) is 23.9 Å². The summed E-state index contributed by atoms with van der Waals surface area (Å²) in [4.78, 5) is 22.4. The van der Waals surface area contributed by atoms with Gasteiger partial charge in [-0.3, -0.25) is 9.79 Å². The zero-order valence-electron chi connectivity index (χ0n) is 16.8. The first kappa shape index (κ1) is 22.7. The Morgan fingerprint density at radius 2 is 2.14 bits per heavy atom. The summed E-state index contributed by atoms with van der Waals surface area (Å²) < 4.78 is 5.98. The Kier molecular flexibility index (Phi) is 9.27. The maximum Gasteiger partial charge on any atom is 0.222 e. The molecule has 2 fully saturated rings. The van der Waals surface area contributed by atoms with E-state index in [1.807, 2.05) is 24.0 Å². The van der Waals surface area contributed by atoms with Crippen molar-refractivity contribution in [3.63, 3.8) is 0 Å². The molecule has 2 heterocycles. The fraction of sp³-hybridized carbons (Fsp3) is 0.650. The van der Waals surface area contributed by atoms with Gasteiger partial charge in [-0.15, -0.1) is 24.0 Å². The Bertz CT molecular complexity index is 664. The molecule has 1 aliphatic heterocycles. The molecule has 3 rings (SSSR count). The maximum absolute atomic E-state index is 11.8. The molecule has 7 nitrogen and oxygen atoms in total. The Balaban J connectivity index is 0.00000280. The predicted molar refractivity (Wildman–Crippen MR) is 121 cm³/mol. The predicted octanol–water partition coefficient (Wildman–Crippen LogP) is 2.70. The molecule has 0 radical (unpaired) electrons. The Morgan fingerprint density at radius 3 is 2.86 bits per heavy atom. The molecule has 0 spiro atoms. The number of guanidine groups is 1. The number of aliphatic imine (C=N–C) groups is 1. The number of amides is 1. The van der Waals surface area contributed by atoms with Gasteiger partial charge in [0.15, 0.2) is 5.96 Å². The van der Waals surface area contributed by atoms with E-state index in [-0.39, 0.29) is 35.9 Å². The third-order valence-corrected chi connectivity index (χ3v) is 5.26. The van der Waals surface area contributed by atoms with E-state index in [0.29, 0.717) is 24.9 Å². The van der Waals surface area contributed by atoms with Crippen LogP contribution in [0.3, 0.4) is 0 Å². The van der Waals surface area contributed by atoms with Crippen LogP contribution in [0.4, 0.5) is 0 Å². The summed E-state index contributed by atoms with van der Waals surface area (Å²) in [5.74, 6) is 1.67. The number of rotatable bonds is 6. The number of likely N-dealkylation sites (tertiary alicyclic amines) is 1. The lowest BCUT2D eigenvalue weighted by Crippen LogP contribution is -2.44. The van der Waals surface area contributed by atoms with Gasteiger partial charge in [0.05, 0.1) is 0 Å². The van der Waals surface area contributed by atoms with E-state index < -0.39 is 0 Å². The number of carbonyl (C=O) groups excluding carboxylic acids is 1. The third kappa shape index (κ3) is 6.49. The van der Waals surface area contributed by atoms with Gasteiger partial charge in [0, 0.05) is 51.4 Å². The summed E-state index contributed by atoms with van der Waals surface area (Å²) in [5.41, 5.74) is 1.11. The highest BCUT2D eigenvalue weighted by molar-refractivity contribution is 14.0. The zero-order valence-corrected chi connectivity index (χ0v) is 19.1. The van der Waals surface area contributed by atoms with Crippen LogP contribution in [-0.2, 0) is 11.3 Å². The van der Waals surface area contributed by atoms with E-state index >= 15 is 0 Å². The van der Waals surface area contributed by atoms with E-state index in [4.69, 9.17) is 4.74 Å². The second-order valence-corrected chi connectivity index (χ2v) is 7.28. The van der Waals surface area contributed by atoms with Crippen LogP contribution in [0.1, 0.15) is 51.0 Å². The maximum atomic E-state index is 11.8. The van der Waals surface area contributed by atoms with Crippen LogP contribution in [0.15, 0.2) is 23.3 Å². The lowest BCUT2D eigenvalue weighted by molar-refractivity contribution is -0.129. The molecule has 0 aromatic carbocycles. The van der Waals surface area contributed by atoms with Crippen molar-refractivity contribution in [1.29, 1.82) is 0 Å². The Labute approximate surface area is 184 Å². The molecular formula is C20H32IN5O2. The van der Waals surface area contributed by atoms with Crippen molar-refractivity contribution in [3.8, 4) is 5.88 Å². The second kappa shape index (κ2) is 11.4. The largest absolute Gasteiger partial charge is 0.474 e. The monoisotopic (exact) mass is 501 g/mol. The standard InChI is InChI=1S/C20H31N5O2.HI/c1-3-19(26)25-11-9-16(14-25)24-20(21-2)23-13-15-8-10-22-18(12-15)27-17-6-4-5-7-17;/h8,10,12,16-17H,3-7,9,11,13-14H2,1-2H3,(H2,21,23,24);1H. The first-order chi connectivity index (χ1) is 13.2. The summed E-state index contributed by atoms with van der Waals surface area (Å²) >= 11 is 0. The van der Waals surface area contributed by atoms with Gasteiger partial charge in [-0.2, -0.15) is 0 Å². The number of aromatic nitrogens is 1. The normalized spacial score (nSPS) is 20.0. The molecule has 1 atom stereocenters. The highest BCUT2D eigenvalue weighted by atomic mass is 127. The van der Waals surface area contributed by atoms with E-state index in [1.54, 1.807) is 13.2 Å². The van der Waals surface area contributed by atoms with E-state index in [2.05, 4.69) is 20.6 Å². The second-order valence-electron chi connectivity index (χ2n) is 7.28. The van der Waals surface area contributed by atoms with Crippen molar-refractivity contribution in [2.24, 2.45) is 4.99 Å². The van der Waals surface area contributed by atoms with Crippen molar-refractivity contribution in [1.82, 2.24) is 20.5 Å². The molecule has 2 aliphatic rings. The zero-order chi connectivity index (χ0) is 19.1. The summed E-state index contributed by atoms with van der Waals surface area (Å²) in [7, 11) is 1.76. The van der Waals surface area contributed by atoms with Crippen LogP contribution in [0.25, 0.3) is 0 Å². The van der Waals surface area contributed by atoms with Crippen LogP contribution < -0.4 is 15.4 Å². The van der Waals surface area contributed by atoms with Gasteiger partial charge in [0.1, 0.15) is 6.10 Å². The van der Waals surface area contributed by atoms with Crippen molar-refractivity contribution in [2.45, 2.75) is 64.1 Å². The van der Waals surface area contributed by atoms with Crippen LogP contribution in [0.2, 0.25) is 0 Å². The number of ether oxygens (including phenoxy) is 1. The van der Waals surface area contributed by atoms with Crippen LogP contribution in [0, 0.1) is 0 Å². The van der Waals surface area contributed by atoms with Gasteiger partial charge >= 0.3 is 0 Å². The average molecular weight is 501 g/mol. The number of nitrogens with one attached hydrogen (secondary N) is 2. The summed E-state index contributed by atoms with van der Waals surface area (Å²) in [6.07, 6.45) is 8.36. The van der Waals surface area contributed by atoms with Crippen LogP contribution in [-0.4, -0.2) is 54.0 Å². The quantitative estimate of drug-likeness (QED) is 0.356. The smallest absolute Gasteiger partial charge is 0.222 e. The molecular weight excluding hydrogens is 469 g/mol. The number of carbonyl (C=O) groups is 1. The molecule has 8 heteroatoms. The minimum absolute atomic E-state index is 0. The summed E-state index contributed by atoms with van der Waals surface area (Å²) in [6, 6.07) is 4.22. The molecule has 2 N–H and O–H groups in total. The van der Waals surface area contributed by atoms with Gasteiger partial charge < -0.3 is 20.3 Å². The van der Waals surface area contributed by atoms with Gasteiger partial charge in [0.2, 0.25) is 11.8 Å². The van der Waals surface area contributed by atoms with Crippen molar-refractivity contribution < 1.29 is 9.53 Å². The van der Waals surface area contributed by atoms with Crippen LogP contribution >= 0.6 is 24.0 Å². The van der Waals surface area contributed by atoms with Crippen molar-refractivity contribution >= 4 is 35.8 Å². The number of hydrogen-bond donors (Lipinski definition) is 2. The van der Waals surface area contributed by atoms with E-state index in [1.165, 1.54) is 12.8 Å². The summed E-state index contributed by atoms with van der Waals surface area (Å²) in [5, 5.41) is 6.76. The van der Waals surface area contributed by atoms with E-state index in [9.17, 15) is 4.79 Å². The molecule has 156 valence electrons. The number of halogens is 1. The Morgan fingerprint density at radius 1 is 1.36 bits per heavy atom. The molecule has 1 aromatic heterocycles. The lowest BCUT2D eigenvalue weighted by atomic mass is 10.2. The highest BCUT2D eigenvalue weighted by Crippen LogP contribution is 2.23. The lowest BCUT2D eigenvalue weighted by Gasteiger charge is -2.19. The number of nitrogens with zero attached hydrogens (tertiary/aromatic N) is 3. The molecule has 0 bridgehead atoms. The van der Waals surface area contributed by atoms with E-state index in [0.717, 1.165) is 43.9 Å². The first-order valence-electron chi connectivity index (χ1n) is 10.0. The molecule has 1 aliphatic carbocycles. The van der Waals surface area contributed by atoms with Crippen molar-refractivity contribution in [2.75, 3.05) is 20.1 Å². The number of pyridine rings is 1. The first-order valence-corrected chi connectivity index (χ1v) is 10.0. The van der Waals surface area contributed by atoms with Gasteiger partial charge in [-0.05, 0) is 43.7 Å². The molecule has 1 saturated carbocycles. The summed E-state index contributed by atoms with van der Waals surface area (Å²) in [6.45, 7) is 4.10. The fourth-order valence-electron chi connectivity index (χ4n) is 3.70. The van der Waals surface area contributed by atoms with Gasteiger partial charge in [-0.1, -0.05) is 6.92 Å². The Hall–Kier alpha value is -1.58. The molecule has 1 amide bonds. The third-order valence-electron chi connectivity index (χ3n) is 5.26. The average Bonchev–Trinajstić information content (AvgIpc) is 3.37. The molecule has 28 heavy (non-hydrogen) atoms.